The lowest BCUT2D eigenvalue weighted by molar-refractivity contribution is -0.127. The van der Waals surface area contributed by atoms with Crippen molar-refractivity contribution in [1.29, 1.82) is 0 Å². The highest BCUT2D eigenvalue weighted by Gasteiger charge is 2.26. The van der Waals surface area contributed by atoms with Crippen LogP contribution in [0.25, 0.3) is 0 Å². The van der Waals surface area contributed by atoms with Gasteiger partial charge in [0, 0.05) is 39.3 Å². The Morgan fingerprint density at radius 3 is 2.34 bits per heavy atom. The van der Waals surface area contributed by atoms with Crippen molar-refractivity contribution in [2.24, 2.45) is 10.9 Å². The van der Waals surface area contributed by atoms with Gasteiger partial charge in [0.25, 0.3) is 0 Å². The minimum atomic E-state index is -0.236. The number of piperidine rings is 1. The number of nitrogens with one attached hydrogen (secondary N) is 2. The summed E-state index contributed by atoms with van der Waals surface area (Å²) < 4.78 is 5.09. The maximum absolute atomic E-state index is 12.0. The third-order valence-corrected chi connectivity index (χ3v) is 5.67. The molecule has 168 valence electrons. The van der Waals surface area contributed by atoms with Gasteiger partial charge in [0.15, 0.2) is 5.96 Å². The first-order valence-electron chi connectivity index (χ1n) is 10.6. The fourth-order valence-corrected chi connectivity index (χ4v) is 3.74. The predicted octanol–water partition coefficient (Wildman–Crippen LogP) is 2.43. The van der Waals surface area contributed by atoms with Gasteiger partial charge >= 0.3 is 6.09 Å². The highest BCUT2D eigenvalue weighted by molar-refractivity contribution is 14.0. The lowest BCUT2D eigenvalue weighted by Gasteiger charge is -2.35. The van der Waals surface area contributed by atoms with E-state index in [9.17, 15) is 9.59 Å². The normalized spacial score (nSPS) is 23.0. The number of amides is 2. The molecule has 2 atom stereocenters. The van der Waals surface area contributed by atoms with Crippen molar-refractivity contribution >= 4 is 41.9 Å². The minimum Gasteiger partial charge on any atom is -0.450 e. The first-order valence-corrected chi connectivity index (χ1v) is 10.6. The number of guanidine groups is 1. The molecule has 0 aromatic carbocycles. The van der Waals surface area contributed by atoms with Crippen molar-refractivity contribution < 1.29 is 14.3 Å². The van der Waals surface area contributed by atoms with Gasteiger partial charge < -0.3 is 25.2 Å². The van der Waals surface area contributed by atoms with Crippen LogP contribution in [-0.2, 0) is 9.53 Å². The van der Waals surface area contributed by atoms with Crippen molar-refractivity contribution in [2.75, 3.05) is 40.3 Å². The predicted molar refractivity (Wildman–Crippen MR) is 126 cm³/mol. The molecule has 0 radical (unpaired) electrons. The number of ether oxygens (including phenoxy) is 1. The average molecular weight is 523 g/mol. The van der Waals surface area contributed by atoms with Gasteiger partial charge in [-0.3, -0.25) is 4.79 Å². The lowest BCUT2D eigenvalue weighted by Crippen LogP contribution is -2.53. The fourth-order valence-electron chi connectivity index (χ4n) is 3.74. The van der Waals surface area contributed by atoms with Gasteiger partial charge in [0.2, 0.25) is 5.91 Å². The third kappa shape index (κ3) is 8.55. The quantitative estimate of drug-likeness (QED) is 0.329. The molecule has 0 spiro atoms. The highest BCUT2D eigenvalue weighted by atomic mass is 127. The molecule has 0 bridgehead atoms. The summed E-state index contributed by atoms with van der Waals surface area (Å²) in [5, 5.41) is 7.06. The molecular weight excluding hydrogens is 485 g/mol. The Balaban J connectivity index is 0.00000420. The first kappa shape index (κ1) is 25.8. The van der Waals surface area contributed by atoms with E-state index in [0.29, 0.717) is 37.6 Å². The number of rotatable bonds is 5. The van der Waals surface area contributed by atoms with E-state index in [1.54, 1.807) is 23.9 Å². The number of likely N-dealkylation sites (N-methyl/N-ethyl adjacent to an activating group) is 1. The molecule has 1 heterocycles. The van der Waals surface area contributed by atoms with Gasteiger partial charge in [0.1, 0.15) is 6.54 Å². The van der Waals surface area contributed by atoms with Crippen molar-refractivity contribution in [3.8, 4) is 0 Å². The summed E-state index contributed by atoms with van der Waals surface area (Å²) in [6, 6.07) is 0.611. The smallest absolute Gasteiger partial charge is 0.409 e. The minimum absolute atomic E-state index is 0. The van der Waals surface area contributed by atoms with Gasteiger partial charge in [0.05, 0.1) is 6.61 Å². The Hall–Kier alpha value is -1.26. The Morgan fingerprint density at radius 2 is 1.76 bits per heavy atom. The maximum atomic E-state index is 12.0. The zero-order valence-electron chi connectivity index (χ0n) is 18.3. The van der Waals surface area contributed by atoms with E-state index < -0.39 is 0 Å². The molecule has 0 aromatic heterocycles. The molecule has 2 aliphatic rings. The number of hydrogen-bond donors (Lipinski definition) is 2. The van der Waals surface area contributed by atoms with E-state index in [-0.39, 0.29) is 48.6 Å². The monoisotopic (exact) mass is 523 g/mol. The molecule has 1 saturated carbocycles. The van der Waals surface area contributed by atoms with E-state index in [4.69, 9.17) is 4.74 Å². The second-order valence-electron chi connectivity index (χ2n) is 8.07. The van der Waals surface area contributed by atoms with Crippen LogP contribution in [0.4, 0.5) is 4.79 Å². The van der Waals surface area contributed by atoms with Gasteiger partial charge in [-0.25, -0.2) is 9.79 Å². The number of carbonyl (C=O) groups excluding carboxylic acids is 2. The number of likely N-dealkylation sites (tertiary alicyclic amines) is 1. The number of halogens is 1. The van der Waals surface area contributed by atoms with E-state index >= 15 is 0 Å². The Labute approximate surface area is 192 Å². The zero-order valence-corrected chi connectivity index (χ0v) is 20.6. The highest BCUT2D eigenvalue weighted by Crippen LogP contribution is 2.23. The molecule has 1 aliphatic heterocycles. The van der Waals surface area contributed by atoms with Crippen LogP contribution >= 0.6 is 24.0 Å². The summed E-state index contributed by atoms with van der Waals surface area (Å²) in [4.78, 5) is 31.7. The van der Waals surface area contributed by atoms with Crippen LogP contribution in [0.15, 0.2) is 4.99 Å². The lowest BCUT2D eigenvalue weighted by atomic mass is 9.86. The van der Waals surface area contributed by atoms with Gasteiger partial charge in [-0.1, -0.05) is 19.8 Å². The molecular formula is C20H38IN5O3. The summed E-state index contributed by atoms with van der Waals surface area (Å²) in [6.07, 6.45) is 6.29. The molecule has 2 unspecified atom stereocenters. The largest absolute Gasteiger partial charge is 0.450 e. The molecule has 8 nitrogen and oxygen atoms in total. The van der Waals surface area contributed by atoms with Gasteiger partial charge in [-0.15, -0.1) is 24.0 Å². The molecule has 0 aromatic rings. The number of nitrogens with zero attached hydrogens (tertiary/aromatic N) is 3. The van der Waals surface area contributed by atoms with Crippen molar-refractivity contribution in [3.05, 3.63) is 0 Å². The van der Waals surface area contributed by atoms with Crippen LogP contribution in [0.1, 0.15) is 52.4 Å². The van der Waals surface area contributed by atoms with Crippen molar-refractivity contribution in [1.82, 2.24) is 20.4 Å². The molecule has 1 saturated heterocycles. The zero-order chi connectivity index (χ0) is 20.5. The van der Waals surface area contributed by atoms with Crippen molar-refractivity contribution in [3.63, 3.8) is 0 Å². The summed E-state index contributed by atoms with van der Waals surface area (Å²) in [5.41, 5.74) is 0. The van der Waals surface area contributed by atoms with E-state index in [0.717, 1.165) is 19.3 Å². The molecule has 29 heavy (non-hydrogen) atoms. The van der Waals surface area contributed by atoms with Gasteiger partial charge in [-0.2, -0.15) is 0 Å². The molecule has 2 amide bonds. The molecule has 1 aliphatic carbocycles. The fraction of sp³-hybridized carbons (Fsp3) is 0.850. The topological polar surface area (TPSA) is 86.3 Å². The molecule has 2 rings (SSSR count). The van der Waals surface area contributed by atoms with Crippen LogP contribution in [0.3, 0.4) is 0 Å². The number of carbonyl (C=O) groups is 2. The second-order valence-corrected chi connectivity index (χ2v) is 8.07. The number of hydrogen-bond acceptors (Lipinski definition) is 4. The molecule has 2 N–H and O–H groups in total. The Morgan fingerprint density at radius 1 is 1.10 bits per heavy atom. The van der Waals surface area contributed by atoms with Crippen LogP contribution in [0, 0.1) is 5.92 Å². The first-order chi connectivity index (χ1) is 13.4. The SMILES string of the molecule is CCOC(=O)N1CCC(NC(=NCC(=O)N(C)C)NC2CCCCC2C)CC1.I. The van der Waals surface area contributed by atoms with Gasteiger partial charge in [-0.05, 0) is 38.5 Å². The van der Waals surface area contributed by atoms with Crippen molar-refractivity contribution in [2.45, 2.75) is 64.5 Å². The second kappa shape index (κ2) is 13.1. The summed E-state index contributed by atoms with van der Waals surface area (Å²) in [5.74, 6) is 1.29. The van der Waals surface area contributed by atoms with Crippen LogP contribution < -0.4 is 10.6 Å². The summed E-state index contributed by atoms with van der Waals surface area (Å²) in [6.45, 7) is 5.96. The standard InChI is InChI=1S/C20H37N5O3.HI/c1-5-28-20(27)25-12-10-16(11-13-25)22-19(21-14-18(26)24(3)4)23-17-9-7-6-8-15(17)2;/h15-17H,5-14H2,1-4H3,(H2,21,22,23);1H. The van der Waals surface area contributed by atoms with Crippen LogP contribution in [0.2, 0.25) is 0 Å². The molecule has 2 fully saturated rings. The van der Waals surface area contributed by atoms with E-state index in [1.165, 1.54) is 19.3 Å². The summed E-state index contributed by atoms with van der Waals surface area (Å²) >= 11 is 0. The van der Waals surface area contributed by atoms with E-state index in [1.807, 2.05) is 6.92 Å². The van der Waals surface area contributed by atoms with E-state index in [2.05, 4.69) is 22.5 Å². The molecule has 9 heteroatoms. The summed E-state index contributed by atoms with van der Waals surface area (Å²) in [7, 11) is 3.49. The third-order valence-electron chi connectivity index (χ3n) is 5.67. The van der Waals surface area contributed by atoms with Crippen LogP contribution in [-0.4, -0.2) is 80.2 Å². The number of aliphatic imine (C=N–C) groups is 1. The Kier molecular flexibility index (Phi) is 11.7. The van der Waals surface area contributed by atoms with Crippen LogP contribution in [0.5, 0.6) is 0 Å². The average Bonchev–Trinajstić information content (AvgIpc) is 2.68. The maximum Gasteiger partial charge on any atom is 0.409 e. The Bertz CT molecular complexity index is 550.